The van der Waals surface area contributed by atoms with Gasteiger partial charge in [0, 0.05) is 0 Å². The van der Waals surface area contributed by atoms with E-state index in [-0.39, 0.29) is 29.0 Å². The van der Waals surface area contributed by atoms with E-state index in [9.17, 15) is 13.9 Å². The summed E-state index contributed by atoms with van der Waals surface area (Å²) in [4.78, 5) is 0. The standard InChI is InChI=1S/C19H16F2N2O4/c20-15-13(19-25-6-7-26-19)9-14-17(16(15)21)27-23-18(14)22-12(10-24)8-11-4-2-1-3-5-11/h1-7,9,12,19,24H,8,10H2,(H,22,23)/t12-/m0/s1. The maximum atomic E-state index is 14.4. The highest BCUT2D eigenvalue weighted by molar-refractivity contribution is 5.89. The lowest BCUT2D eigenvalue weighted by Crippen LogP contribution is -2.26. The molecule has 1 aromatic heterocycles. The predicted molar refractivity (Wildman–Crippen MR) is 92.6 cm³/mol. The molecular weight excluding hydrogens is 358 g/mol. The van der Waals surface area contributed by atoms with Crippen LogP contribution in [0.3, 0.4) is 0 Å². The molecule has 0 aliphatic carbocycles. The van der Waals surface area contributed by atoms with E-state index in [4.69, 9.17) is 14.0 Å². The van der Waals surface area contributed by atoms with Gasteiger partial charge < -0.3 is 24.4 Å². The number of aliphatic hydroxyl groups excluding tert-OH is 1. The number of aromatic nitrogens is 1. The summed E-state index contributed by atoms with van der Waals surface area (Å²) in [7, 11) is 0. The lowest BCUT2D eigenvalue weighted by atomic mass is 10.1. The van der Waals surface area contributed by atoms with Gasteiger partial charge in [-0.1, -0.05) is 35.5 Å². The van der Waals surface area contributed by atoms with E-state index in [2.05, 4.69) is 10.5 Å². The number of fused-ring (bicyclic) bond motifs is 1. The molecule has 4 rings (SSSR count). The van der Waals surface area contributed by atoms with Crippen LogP contribution in [0.25, 0.3) is 11.0 Å². The van der Waals surface area contributed by atoms with Crippen LogP contribution >= 0.6 is 0 Å². The summed E-state index contributed by atoms with van der Waals surface area (Å²) in [5.41, 5.74) is 0.578. The van der Waals surface area contributed by atoms with Crippen molar-refractivity contribution in [2.24, 2.45) is 0 Å². The molecule has 0 fully saturated rings. The van der Waals surface area contributed by atoms with E-state index in [0.717, 1.165) is 5.56 Å². The summed E-state index contributed by atoms with van der Waals surface area (Å²) in [5, 5.41) is 16.7. The second kappa shape index (κ2) is 7.24. The topological polar surface area (TPSA) is 76.8 Å². The van der Waals surface area contributed by atoms with Crippen molar-refractivity contribution in [2.45, 2.75) is 18.8 Å². The number of anilines is 1. The molecule has 3 aromatic rings. The molecule has 0 saturated heterocycles. The van der Waals surface area contributed by atoms with Crippen LogP contribution in [0.5, 0.6) is 0 Å². The lowest BCUT2D eigenvalue weighted by molar-refractivity contribution is -0.0274. The highest BCUT2D eigenvalue weighted by Crippen LogP contribution is 2.35. The Morgan fingerprint density at radius 3 is 2.56 bits per heavy atom. The zero-order valence-electron chi connectivity index (χ0n) is 14.1. The molecule has 1 atom stereocenters. The van der Waals surface area contributed by atoms with E-state index in [1.165, 1.54) is 18.6 Å². The third kappa shape index (κ3) is 3.31. The molecule has 0 bridgehead atoms. The molecule has 2 heterocycles. The lowest BCUT2D eigenvalue weighted by Gasteiger charge is -2.16. The molecular formula is C19H16F2N2O4. The Bertz CT molecular complexity index is 967. The summed E-state index contributed by atoms with van der Waals surface area (Å²) >= 11 is 0. The van der Waals surface area contributed by atoms with Gasteiger partial charge in [-0.15, -0.1) is 0 Å². The highest BCUT2D eigenvalue weighted by Gasteiger charge is 2.28. The number of rotatable bonds is 6. The minimum Gasteiger partial charge on any atom is -0.455 e. The third-order valence-corrected chi connectivity index (χ3v) is 4.27. The summed E-state index contributed by atoms with van der Waals surface area (Å²) in [6, 6.07) is 10.5. The van der Waals surface area contributed by atoms with Crippen molar-refractivity contribution in [3.05, 3.63) is 71.7 Å². The predicted octanol–water partition coefficient (Wildman–Crippen LogP) is 3.64. The fraction of sp³-hybridized carbons (Fsp3) is 0.211. The van der Waals surface area contributed by atoms with Crippen molar-refractivity contribution in [3.63, 3.8) is 0 Å². The first kappa shape index (κ1) is 17.3. The minimum absolute atomic E-state index is 0.111. The number of nitrogens with zero attached hydrogens (tertiary/aromatic N) is 1. The van der Waals surface area contributed by atoms with Crippen molar-refractivity contribution in [1.29, 1.82) is 0 Å². The molecule has 0 radical (unpaired) electrons. The van der Waals surface area contributed by atoms with Gasteiger partial charge in [-0.2, -0.15) is 4.39 Å². The van der Waals surface area contributed by atoms with Crippen LogP contribution in [0, 0.1) is 11.6 Å². The SMILES string of the molecule is OC[C@H](Cc1ccccc1)Nc1noc2c(F)c(F)c(C3OC=CO3)cc12. The number of benzene rings is 2. The van der Waals surface area contributed by atoms with E-state index >= 15 is 0 Å². The van der Waals surface area contributed by atoms with Crippen LogP contribution in [0.1, 0.15) is 17.4 Å². The summed E-state index contributed by atoms with van der Waals surface area (Å²) in [6.45, 7) is -0.182. The first-order chi connectivity index (χ1) is 13.2. The van der Waals surface area contributed by atoms with E-state index in [1.54, 1.807) is 0 Å². The Balaban J connectivity index is 1.65. The summed E-state index contributed by atoms with van der Waals surface area (Å²) < 4.78 is 43.8. The molecule has 0 amide bonds. The zero-order valence-corrected chi connectivity index (χ0v) is 14.1. The molecule has 1 aliphatic rings. The monoisotopic (exact) mass is 374 g/mol. The molecule has 27 heavy (non-hydrogen) atoms. The number of nitrogens with one attached hydrogen (secondary N) is 1. The Kier molecular flexibility index (Phi) is 4.64. The van der Waals surface area contributed by atoms with Crippen LogP contribution in [-0.2, 0) is 15.9 Å². The van der Waals surface area contributed by atoms with E-state index in [1.807, 2.05) is 30.3 Å². The second-order valence-corrected chi connectivity index (χ2v) is 6.09. The number of aliphatic hydroxyl groups is 1. The Morgan fingerprint density at radius 2 is 1.85 bits per heavy atom. The van der Waals surface area contributed by atoms with E-state index < -0.39 is 24.0 Å². The minimum atomic E-state index is -1.18. The van der Waals surface area contributed by atoms with Gasteiger partial charge in [-0.05, 0) is 18.1 Å². The number of halogens is 2. The Labute approximate surface area is 153 Å². The fourth-order valence-corrected chi connectivity index (χ4v) is 2.95. The normalized spacial score (nSPS) is 14.9. The molecule has 0 saturated carbocycles. The molecule has 1 aliphatic heterocycles. The summed E-state index contributed by atoms with van der Waals surface area (Å²) in [6.07, 6.45) is 1.94. The molecule has 0 unspecified atom stereocenters. The Morgan fingerprint density at radius 1 is 1.11 bits per heavy atom. The first-order valence-corrected chi connectivity index (χ1v) is 8.32. The van der Waals surface area contributed by atoms with Gasteiger partial charge in [-0.3, -0.25) is 0 Å². The molecule has 6 nitrogen and oxygen atoms in total. The van der Waals surface area contributed by atoms with Gasteiger partial charge in [-0.25, -0.2) is 4.39 Å². The van der Waals surface area contributed by atoms with Crippen molar-refractivity contribution in [1.82, 2.24) is 5.16 Å². The van der Waals surface area contributed by atoms with Crippen molar-refractivity contribution in [2.75, 3.05) is 11.9 Å². The van der Waals surface area contributed by atoms with Crippen LogP contribution in [0.2, 0.25) is 0 Å². The maximum Gasteiger partial charge on any atom is 0.269 e. The largest absolute Gasteiger partial charge is 0.455 e. The maximum absolute atomic E-state index is 14.4. The zero-order chi connectivity index (χ0) is 18.8. The third-order valence-electron chi connectivity index (χ3n) is 4.27. The van der Waals surface area contributed by atoms with Gasteiger partial charge in [0.1, 0.15) is 12.5 Å². The van der Waals surface area contributed by atoms with Gasteiger partial charge in [0.05, 0.1) is 23.6 Å². The van der Waals surface area contributed by atoms with Crippen molar-refractivity contribution < 1.29 is 27.9 Å². The average molecular weight is 374 g/mol. The number of hydrogen-bond donors (Lipinski definition) is 2. The summed E-state index contributed by atoms with van der Waals surface area (Å²) in [5.74, 6) is -2.10. The van der Waals surface area contributed by atoms with E-state index in [0.29, 0.717) is 6.42 Å². The number of ether oxygens (including phenoxy) is 2. The van der Waals surface area contributed by atoms with Gasteiger partial charge in [0.25, 0.3) is 6.29 Å². The quantitative estimate of drug-likeness (QED) is 0.686. The Hall–Kier alpha value is -3.13. The molecule has 140 valence electrons. The first-order valence-electron chi connectivity index (χ1n) is 8.32. The molecule has 8 heteroatoms. The van der Waals surface area contributed by atoms with Gasteiger partial charge >= 0.3 is 0 Å². The van der Waals surface area contributed by atoms with Gasteiger partial charge in [0.15, 0.2) is 11.6 Å². The highest BCUT2D eigenvalue weighted by atomic mass is 19.2. The van der Waals surface area contributed by atoms with Crippen LogP contribution in [0.4, 0.5) is 14.6 Å². The van der Waals surface area contributed by atoms with Crippen molar-refractivity contribution >= 4 is 16.8 Å². The molecule has 0 spiro atoms. The molecule has 2 aromatic carbocycles. The van der Waals surface area contributed by atoms with Crippen LogP contribution < -0.4 is 5.32 Å². The van der Waals surface area contributed by atoms with Crippen LogP contribution in [-0.4, -0.2) is 22.9 Å². The average Bonchev–Trinajstić information content (AvgIpc) is 3.35. The fourth-order valence-electron chi connectivity index (χ4n) is 2.95. The van der Waals surface area contributed by atoms with Crippen LogP contribution in [0.15, 0.2) is 53.4 Å². The van der Waals surface area contributed by atoms with Gasteiger partial charge in [0.2, 0.25) is 11.4 Å². The number of hydrogen-bond acceptors (Lipinski definition) is 6. The second-order valence-electron chi connectivity index (χ2n) is 6.09. The smallest absolute Gasteiger partial charge is 0.269 e. The molecule has 2 N–H and O–H groups in total. The van der Waals surface area contributed by atoms with Crippen molar-refractivity contribution in [3.8, 4) is 0 Å².